The molecule has 0 unspecified atom stereocenters. The lowest BCUT2D eigenvalue weighted by Crippen LogP contribution is -2.61. The van der Waals surface area contributed by atoms with Crippen LogP contribution in [0.25, 0.3) is 27.8 Å². The van der Waals surface area contributed by atoms with Crippen molar-refractivity contribution in [1.82, 2.24) is 29.2 Å². The zero-order chi connectivity index (χ0) is 34.7. The third-order valence-electron chi connectivity index (χ3n) is 11.0. The fourth-order valence-electron chi connectivity index (χ4n) is 8.46. The molecule has 3 fully saturated rings. The van der Waals surface area contributed by atoms with Gasteiger partial charge in [0.1, 0.15) is 5.82 Å². The Kier molecular flexibility index (Phi) is 10.3. The van der Waals surface area contributed by atoms with Crippen LogP contribution in [0.15, 0.2) is 70.4 Å². The molecule has 1 N–H and O–H groups in total. The van der Waals surface area contributed by atoms with Gasteiger partial charge in [-0.25, -0.2) is 18.7 Å². The van der Waals surface area contributed by atoms with Crippen molar-refractivity contribution < 1.29 is 13.9 Å². The van der Waals surface area contributed by atoms with Crippen molar-refractivity contribution in [2.24, 2.45) is 0 Å². The van der Waals surface area contributed by atoms with Crippen molar-refractivity contribution in [1.29, 1.82) is 0 Å². The van der Waals surface area contributed by atoms with Gasteiger partial charge in [-0.05, 0) is 99.2 Å². The van der Waals surface area contributed by atoms with Gasteiger partial charge in [-0.2, -0.15) is 0 Å². The van der Waals surface area contributed by atoms with Gasteiger partial charge in [-0.1, -0.05) is 43.3 Å². The SMILES string of the molecule is CCCNC1(N(C=O)C2CCC(n3c(=O)c4cc(F)cnc4n(-c4cccc(-c5ccccc5CN5CCOCC5)c4)c3=O)CC2)CCCC1. The molecule has 2 aromatic heterocycles. The minimum Gasteiger partial charge on any atom is -0.379 e. The van der Waals surface area contributed by atoms with Crippen molar-refractivity contribution in [2.75, 3.05) is 32.8 Å². The van der Waals surface area contributed by atoms with Crippen molar-refractivity contribution >= 4 is 17.4 Å². The van der Waals surface area contributed by atoms with E-state index in [9.17, 15) is 18.8 Å². The number of hydrogen-bond donors (Lipinski definition) is 1. The van der Waals surface area contributed by atoms with Crippen molar-refractivity contribution in [2.45, 2.75) is 89.0 Å². The summed E-state index contributed by atoms with van der Waals surface area (Å²) in [5.74, 6) is -0.635. The first-order valence-corrected chi connectivity index (χ1v) is 18.2. The van der Waals surface area contributed by atoms with Gasteiger partial charge in [-0.15, -0.1) is 0 Å². The molecular formula is C39H47FN6O4. The van der Waals surface area contributed by atoms with Gasteiger partial charge >= 0.3 is 5.69 Å². The summed E-state index contributed by atoms with van der Waals surface area (Å²) >= 11 is 0. The van der Waals surface area contributed by atoms with Crippen LogP contribution in [0.5, 0.6) is 0 Å². The number of carbonyl (C=O) groups is 1. The lowest BCUT2D eigenvalue weighted by molar-refractivity contribution is -0.130. The third kappa shape index (κ3) is 6.66. The van der Waals surface area contributed by atoms with Crippen molar-refractivity contribution in [3.63, 3.8) is 0 Å². The minimum absolute atomic E-state index is 0.0120. The maximum absolute atomic E-state index is 14.6. The van der Waals surface area contributed by atoms with Crippen molar-refractivity contribution in [3.05, 3.63) is 93.0 Å². The number of nitrogens with zero attached hydrogens (tertiary/aromatic N) is 5. The Balaban J connectivity index is 1.23. The van der Waals surface area contributed by atoms with E-state index in [0.29, 0.717) is 44.6 Å². The minimum atomic E-state index is -0.635. The van der Waals surface area contributed by atoms with E-state index >= 15 is 0 Å². The first-order chi connectivity index (χ1) is 24.4. The highest BCUT2D eigenvalue weighted by Gasteiger charge is 2.43. The molecule has 4 aromatic rings. The van der Waals surface area contributed by atoms with Gasteiger partial charge in [0.25, 0.3) is 5.56 Å². The Morgan fingerprint density at radius 2 is 1.78 bits per heavy atom. The molecule has 0 spiro atoms. The number of nitrogens with one attached hydrogen (secondary N) is 1. The summed E-state index contributed by atoms with van der Waals surface area (Å²) in [5, 5.41) is 3.74. The molecule has 1 saturated heterocycles. The summed E-state index contributed by atoms with van der Waals surface area (Å²) in [7, 11) is 0. The molecule has 50 heavy (non-hydrogen) atoms. The number of morpholine rings is 1. The van der Waals surface area contributed by atoms with Crippen LogP contribution in [0, 0.1) is 5.82 Å². The maximum Gasteiger partial charge on any atom is 0.337 e. The Hall–Kier alpha value is -4.19. The maximum atomic E-state index is 14.6. The van der Waals surface area contributed by atoms with E-state index in [2.05, 4.69) is 34.3 Å². The van der Waals surface area contributed by atoms with Crippen LogP contribution in [-0.2, 0) is 16.1 Å². The quantitative estimate of drug-likeness (QED) is 0.167. The summed E-state index contributed by atoms with van der Waals surface area (Å²) in [6.45, 7) is 6.91. The molecule has 7 rings (SSSR count). The Morgan fingerprint density at radius 1 is 1.02 bits per heavy atom. The molecule has 1 aliphatic heterocycles. The molecule has 3 aliphatic rings. The number of pyridine rings is 1. The lowest BCUT2D eigenvalue weighted by atomic mass is 9.88. The average Bonchev–Trinajstić information content (AvgIpc) is 3.62. The molecule has 11 heteroatoms. The summed E-state index contributed by atoms with van der Waals surface area (Å²) < 4.78 is 23.0. The van der Waals surface area contributed by atoms with E-state index in [-0.39, 0.29) is 28.8 Å². The highest BCUT2D eigenvalue weighted by atomic mass is 19.1. The highest BCUT2D eigenvalue weighted by molar-refractivity contribution is 5.77. The molecule has 10 nitrogen and oxygen atoms in total. The normalized spacial score (nSPS) is 21.0. The van der Waals surface area contributed by atoms with Crippen LogP contribution in [0.1, 0.15) is 76.3 Å². The number of carbonyl (C=O) groups excluding carboxylic acids is 1. The van der Waals surface area contributed by atoms with E-state index < -0.39 is 17.1 Å². The van der Waals surface area contributed by atoms with E-state index in [0.717, 1.165) is 82.0 Å². The molecular weight excluding hydrogens is 635 g/mol. The first kappa shape index (κ1) is 34.3. The summed E-state index contributed by atoms with van der Waals surface area (Å²) in [5.41, 5.74) is 2.46. The number of aromatic nitrogens is 3. The number of hydrogen-bond acceptors (Lipinski definition) is 7. The van der Waals surface area contributed by atoms with Crippen LogP contribution < -0.4 is 16.6 Å². The molecule has 264 valence electrons. The number of amides is 1. The Bertz CT molecular complexity index is 1940. The smallest absolute Gasteiger partial charge is 0.337 e. The zero-order valence-electron chi connectivity index (χ0n) is 28.9. The third-order valence-corrected chi connectivity index (χ3v) is 11.0. The molecule has 0 radical (unpaired) electrons. The summed E-state index contributed by atoms with van der Waals surface area (Å²) in [4.78, 5) is 49.8. The van der Waals surface area contributed by atoms with Gasteiger partial charge in [-0.3, -0.25) is 24.4 Å². The number of halogens is 1. The first-order valence-electron chi connectivity index (χ1n) is 18.2. The molecule has 3 heterocycles. The number of benzene rings is 2. The van der Waals surface area contributed by atoms with E-state index in [1.165, 1.54) is 20.8 Å². The van der Waals surface area contributed by atoms with Gasteiger partial charge in [0.15, 0.2) is 5.65 Å². The Labute approximate surface area is 291 Å². The fourth-order valence-corrected chi connectivity index (χ4v) is 8.46. The number of ether oxygens (including phenoxy) is 1. The topological polar surface area (TPSA) is 102 Å². The van der Waals surface area contributed by atoms with Gasteiger partial charge < -0.3 is 9.64 Å². The second-order valence-electron chi connectivity index (χ2n) is 14.1. The lowest BCUT2D eigenvalue weighted by Gasteiger charge is -2.46. The summed E-state index contributed by atoms with van der Waals surface area (Å²) in [6.07, 6.45) is 9.47. The van der Waals surface area contributed by atoms with Crippen LogP contribution in [0.4, 0.5) is 4.39 Å². The van der Waals surface area contributed by atoms with Crippen LogP contribution in [0.3, 0.4) is 0 Å². The van der Waals surface area contributed by atoms with Crippen LogP contribution >= 0.6 is 0 Å². The van der Waals surface area contributed by atoms with Gasteiger partial charge in [0.05, 0.1) is 36.1 Å². The van der Waals surface area contributed by atoms with Gasteiger partial charge in [0, 0.05) is 31.7 Å². The number of rotatable bonds is 11. The molecule has 2 saturated carbocycles. The van der Waals surface area contributed by atoms with Crippen LogP contribution in [0.2, 0.25) is 0 Å². The molecule has 2 aliphatic carbocycles. The van der Waals surface area contributed by atoms with E-state index in [1.54, 1.807) is 0 Å². The molecule has 0 bridgehead atoms. The Morgan fingerprint density at radius 3 is 2.52 bits per heavy atom. The molecule has 2 aromatic carbocycles. The molecule has 1 amide bonds. The fraction of sp³-hybridized carbons (Fsp3) is 0.487. The monoisotopic (exact) mass is 682 g/mol. The average molecular weight is 683 g/mol. The highest BCUT2D eigenvalue weighted by Crippen LogP contribution is 2.38. The van der Waals surface area contributed by atoms with Crippen LogP contribution in [-0.4, -0.2) is 74.9 Å². The predicted molar refractivity (Wildman–Crippen MR) is 192 cm³/mol. The van der Waals surface area contributed by atoms with E-state index in [1.807, 2.05) is 41.3 Å². The molecule has 0 atom stereocenters. The standard InChI is InChI=1S/C39H47FN6O4/c1-2-18-42-39(16-5-6-17-39)44(27-47)31-12-14-32(15-13-31)46-37(48)35-24-30(40)25-41-36(35)45(38(46)49)33-10-7-9-28(23-33)34-11-4-3-8-29(34)26-43-19-21-50-22-20-43/h3-4,7-11,23-25,27,31-32,42H,2,5-6,12-22,26H2,1H3. The second-order valence-corrected chi connectivity index (χ2v) is 14.1. The van der Waals surface area contributed by atoms with E-state index in [4.69, 9.17) is 4.74 Å². The van der Waals surface area contributed by atoms with Gasteiger partial charge in [0.2, 0.25) is 6.41 Å². The largest absolute Gasteiger partial charge is 0.379 e. The number of fused-ring (bicyclic) bond motifs is 1. The van der Waals surface area contributed by atoms with Crippen molar-refractivity contribution in [3.8, 4) is 16.8 Å². The predicted octanol–water partition coefficient (Wildman–Crippen LogP) is 5.40. The zero-order valence-corrected chi connectivity index (χ0v) is 28.9. The second kappa shape index (κ2) is 15.0. The summed E-state index contributed by atoms with van der Waals surface area (Å²) in [6, 6.07) is 16.8.